The van der Waals surface area contributed by atoms with E-state index >= 15 is 0 Å². The molecule has 3 N–H and O–H groups in total. The molecule has 0 bridgehead atoms. The molecule has 2 aromatic rings. The van der Waals surface area contributed by atoms with Crippen molar-refractivity contribution in [3.63, 3.8) is 0 Å². The molecule has 0 unspecified atom stereocenters. The quantitative estimate of drug-likeness (QED) is 0.755. The molecule has 100 valence electrons. The van der Waals surface area contributed by atoms with Crippen molar-refractivity contribution in [2.45, 2.75) is 6.10 Å². The minimum absolute atomic E-state index is 0.00914. The summed E-state index contributed by atoms with van der Waals surface area (Å²) in [5.41, 5.74) is 0.233. The van der Waals surface area contributed by atoms with E-state index in [9.17, 15) is 9.90 Å². The van der Waals surface area contributed by atoms with Crippen molar-refractivity contribution >= 4 is 16.7 Å². The Hall–Kier alpha value is -2.11. The molecule has 5 heteroatoms. The van der Waals surface area contributed by atoms with Gasteiger partial charge >= 0.3 is 5.97 Å². The first-order valence-corrected chi connectivity index (χ1v) is 5.79. The molecule has 0 aliphatic heterocycles. The third kappa shape index (κ3) is 3.21. The summed E-state index contributed by atoms with van der Waals surface area (Å²) in [5, 5.41) is 28.4. The summed E-state index contributed by atoms with van der Waals surface area (Å²) in [4.78, 5) is 10.8. The number of ether oxygens (including phenoxy) is 1. The van der Waals surface area contributed by atoms with Crippen molar-refractivity contribution < 1.29 is 24.9 Å². The molecule has 0 fully saturated rings. The number of carbonyl (C=O) groups is 1. The molecule has 0 aromatic heterocycles. The van der Waals surface area contributed by atoms with Crippen molar-refractivity contribution in [2.24, 2.45) is 0 Å². The fourth-order valence-corrected chi connectivity index (χ4v) is 1.69. The Morgan fingerprint density at radius 1 is 1.16 bits per heavy atom. The fraction of sp³-hybridized carbons (Fsp3) is 0.214. The number of carboxylic acid groups (broad SMARTS) is 1. The largest absolute Gasteiger partial charge is 0.491 e. The van der Waals surface area contributed by atoms with Gasteiger partial charge in [-0.15, -0.1) is 0 Å². The van der Waals surface area contributed by atoms with E-state index in [1.807, 2.05) is 0 Å². The van der Waals surface area contributed by atoms with Crippen molar-refractivity contribution in [2.75, 3.05) is 13.2 Å². The molecule has 0 aliphatic carbocycles. The Bertz CT molecular complexity index is 593. The van der Waals surface area contributed by atoms with E-state index in [0.29, 0.717) is 5.75 Å². The van der Waals surface area contributed by atoms with Crippen LogP contribution in [-0.2, 0) is 0 Å². The Balaban J connectivity index is 2.21. The molecule has 0 amide bonds. The molecule has 2 aromatic carbocycles. The van der Waals surface area contributed by atoms with Crippen molar-refractivity contribution in [3.05, 3.63) is 42.0 Å². The highest BCUT2D eigenvalue weighted by molar-refractivity contribution is 5.94. The van der Waals surface area contributed by atoms with E-state index in [1.54, 1.807) is 30.3 Å². The van der Waals surface area contributed by atoms with Crippen LogP contribution in [0.25, 0.3) is 10.8 Å². The van der Waals surface area contributed by atoms with Crippen molar-refractivity contribution in [1.29, 1.82) is 0 Å². The number of rotatable bonds is 5. The number of aliphatic hydroxyl groups excluding tert-OH is 2. The number of hydrogen-bond acceptors (Lipinski definition) is 4. The van der Waals surface area contributed by atoms with Gasteiger partial charge in [0.1, 0.15) is 18.5 Å². The molecular weight excluding hydrogens is 248 g/mol. The standard InChI is InChI=1S/C14H14O5/c15-7-12(16)8-19-13-4-3-9-5-11(14(17)18)2-1-10(9)6-13/h1-6,12,15-16H,7-8H2,(H,17,18)/t12-/m0/s1. The molecule has 0 saturated carbocycles. The lowest BCUT2D eigenvalue weighted by atomic mass is 10.1. The molecular formula is C14H14O5. The summed E-state index contributed by atoms with van der Waals surface area (Å²) in [7, 11) is 0. The Labute approximate surface area is 109 Å². The Kier molecular flexibility index (Phi) is 3.99. The summed E-state index contributed by atoms with van der Waals surface area (Å²) in [6, 6.07) is 10.0. The smallest absolute Gasteiger partial charge is 0.335 e. The van der Waals surface area contributed by atoms with Gasteiger partial charge in [-0.25, -0.2) is 4.79 Å². The minimum atomic E-state index is -0.965. The van der Waals surface area contributed by atoms with Gasteiger partial charge in [-0.3, -0.25) is 0 Å². The van der Waals surface area contributed by atoms with Crippen LogP contribution >= 0.6 is 0 Å². The van der Waals surface area contributed by atoms with Gasteiger partial charge < -0.3 is 20.1 Å². The van der Waals surface area contributed by atoms with Gasteiger partial charge in [0.05, 0.1) is 12.2 Å². The maximum atomic E-state index is 10.8. The molecule has 0 spiro atoms. The first-order valence-electron chi connectivity index (χ1n) is 5.79. The van der Waals surface area contributed by atoms with Gasteiger partial charge in [0, 0.05) is 0 Å². The van der Waals surface area contributed by atoms with E-state index in [0.717, 1.165) is 10.8 Å². The maximum Gasteiger partial charge on any atom is 0.335 e. The molecule has 2 rings (SSSR count). The monoisotopic (exact) mass is 262 g/mol. The van der Waals surface area contributed by atoms with Crippen LogP contribution in [0.4, 0.5) is 0 Å². The topological polar surface area (TPSA) is 87.0 Å². The molecule has 0 saturated heterocycles. The zero-order valence-corrected chi connectivity index (χ0v) is 10.1. The second-order valence-corrected chi connectivity index (χ2v) is 4.18. The van der Waals surface area contributed by atoms with Crippen LogP contribution in [0.2, 0.25) is 0 Å². The third-order valence-electron chi connectivity index (χ3n) is 2.71. The van der Waals surface area contributed by atoms with Crippen LogP contribution in [0.5, 0.6) is 5.75 Å². The summed E-state index contributed by atoms with van der Waals surface area (Å²) in [5.74, 6) is -0.406. The average Bonchev–Trinajstić information content (AvgIpc) is 2.43. The highest BCUT2D eigenvalue weighted by atomic mass is 16.5. The predicted octanol–water partition coefficient (Wildman–Crippen LogP) is 1.27. The number of fused-ring (bicyclic) bond motifs is 1. The highest BCUT2D eigenvalue weighted by Crippen LogP contribution is 2.22. The SMILES string of the molecule is O=C(O)c1ccc2cc(OC[C@@H](O)CO)ccc2c1. The summed E-state index contributed by atoms with van der Waals surface area (Å²) >= 11 is 0. The molecule has 0 radical (unpaired) electrons. The lowest BCUT2D eigenvalue weighted by Crippen LogP contribution is -2.21. The van der Waals surface area contributed by atoms with E-state index < -0.39 is 12.1 Å². The van der Waals surface area contributed by atoms with E-state index in [2.05, 4.69) is 0 Å². The van der Waals surface area contributed by atoms with Gasteiger partial charge in [-0.2, -0.15) is 0 Å². The van der Waals surface area contributed by atoms with Crippen LogP contribution in [0.1, 0.15) is 10.4 Å². The summed E-state index contributed by atoms with van der Waals surface area (Å²) in [6.45, 7) is -0.342. The zero-order valence-electron chi connectivity index (χ0n) is 10.1. The maximum absolute atomic E-state index is 10.8. The van der Waals surface area contributed by atoms with Gasteiger partial charge in [0.15, 0.2) is 0 Å². The molecule has 5 nitrogen and oxygen atoms in total. The Morgan fingerprint density at radius 2 is 1.84 bits per heavy atom. The predicted molar refractivity (Wildman–Crippen MR) is 69.5 cm³/mol. The Morgan fingerprint density at radius 3 is 2.53 bits per heavy atom. The average molecular weight is 262 g/mol. The number of hydrogen-bond donors (Lipinski definition) is 3. The summed E-state index contributed by atoms with van der Waals surface area (Å²) in [6.07, 6.45) is -0.912. The van der Waals surface area contributed by atoms with Crippen LogP contribution in [-0.4, -0.2) is 40.6 Å². The van der Waals surface area contributed by atoms with Gasteiger partial charge in [0.25, 0.3) is 0 Å². The number of aliphatic hydroxyl groups is 2. The van der Waals surface area contributed by atoms with Crippen LogP contribution in [0, 0.1) is 0 Å². The number of benzene rings is 2. The van der Waals surface area contributed by atoms with E-state index in [1.165, 1.54) is 6.07 Å². The second-order valence-electron chi connectivity index (χ2n) is 4.18. The van der Waals surface area contributed by atoms with Crippen LogP contribution in [0.15, 0.2) is 36.4 Å². The summed E-state index contributed by atoms with van der Waals surface area (Å²) < 4.78 is 5.32. The second kappa shape index (κ2) is 5.69. The van der Waals surface area contributed by atoms with Crippen molar-refractivity contribution in [1.82, 2.24) is 0 Å². The van der Waals surface area contributed by atoms with Crippen LogP contribution in [0.3, 0.4) is 0 Å². The molecule has 0 heterocycles. The molecule has 0 aliphatic rings. The van der Waals surface area contributed by atoms with E-state index in [-0.39, 0.29) is 18.8 Å². The lowest BCUT2D eigenvalue weighted by Gasteiger charge is -2.10. The van der Waals surface area contributed by atoms with Gasteiger partial charge in [-0.05, 0) is 35.0 Å². The minimum Gasteiger partial charge on any atom is -0.491 e. The first kappa shape index (κ1) is 13.3. The highest BCUT2D eigenvalue weighted by Gasteiger charge is 2.06. The lowest BCUT2D eigenvalue weighted by molar-refractivity contribution is 0.0536. The zero-order chi connectivity index (χ0) is 13.8. The first-order chi connectivity index (χ1) is 9.10. The molecule has 1 atom stereocenters. The van der Waals surface area contributed by atoms with Crippen molar-refractivity contribution in [3.8, 4) is 5.75 Å². The normalized spacial score (nSPS) is 12.3. The van der Waals surface area contributed by atoms with E-state index in [4.69, 9.17) is 14.9 Å². The number of carboxylic acids is 1. The van der Waals surface area contributed by atoms with Gasteiger partial charge in [-0.1, -0.05) is 12.1 Å². The number of aromatic carboxylic acids is 1. The third-order valence-corrected chi connectivity index (χ3v) is 2.71. The fourth-order valence-electron chi connectivity index (χ4n) is 1.69. The molecule has 19 heavy (non-hydrogen) atoms. The van der Waals surface area contributed by atoms with Gasteiger partial charge in [0.2, 0.25) is 0 Å². The van der Waals surface area contributed by atoms with Crippen LogP contribution < -0.4 is 4.74 Å².